The van der Waals surface area contributed by atoms with Crippen molar-refractivity contribution in [1.29, 1.82) is 0 Å². The van der Waals surface area contributed by atoms with Gasteiger partial charge in [-0.05, 0) is 42.0 Å². The second-order valence-corrected chi connectivity index (χ2v) is 4.46. The molecule has 0 unspecified atom stereocenters. The minimum absolute atomic E-state index is 0.127. The maximum Gasteiger partial charge on any atom is 0.221 e. The number of hydrogen-bond acceptors (Lipinski definition) is 3. The molecule has 0 saturated heterocycles. The summed E-state index contributed by atoms with van der Waals surface area (Å²) >= 11 is 0. The molecule has 0 fully saturated rings. The van der Waals surface area contributed by atoms with E-state index in [4.69, 9.17) is 9.47 Å². The maximum atomic E-state index is 13.5. The van der Waals surface area contributed by atoms with Crippen LogP contribution in [-0.4, -0.2) is 13.0 Å². The molecule has 5 heteroatoms. The molecule has 2 aromatic rings. The Morgan fingerprint density at radius 3 is 2.48 bits per heavy atom. The summed E-state index contributed by atoms with van der Waals surface area (Å²) in [5.74, 6) is 0.302. The molecule has 2 aromatic carbocycles. The van der Waals surface area contributed by atoms with Crippen LogP contribution in [0.3, 0.4) is 0 Å². The molecule has 0 aliphatic carbocycles. The van der Waals surface area contributed by atoms with Gasteiger partial charge in [0.2, 0.25) is 5.91 Å². The number of anilines is 1. The van der Waals surface area contributed by atoms with Crippen LogP contribution < -0.4 is 14.8 Å². The summed E-state index contributed by atoms with van der Waals surface area (Å²) in [6.07, 6.45) is 0. The van der Waals surface area contributed by atoms with Gasteiger partial charge in [-0.2, -0.15) is 0 Å². The van der Waals surface area contributed by atoms with Crippen molar-refractivity contribution >= 4 is 11.6 Å². The number of rotatable bonds is 5. The Hall–Kier alpha value is -2.56. The lowest BCUT2D eigenvalue weighted by molar-refractivity contribution is -0.114. The quantitative estimate of drug-likeness (QED) is 0.918. The molecular weight excluding hydrogens is 273 g/mol. The van der Waals surface area contributed by atoms with Crippen molar-refractivity contribution in [2.75, 3.05) is 12.4 Å². The fourth-order valence-electron chi connectivity index (χ4n) is 1.80. The maximum absolute atomic E-state index is 13.5. The van der Waals surface area contributed by atoms with Gasteiger partial charge in [0, 0.05) is 12.6 Å². The summed E-state index contributed by atoms with van der Waals surface area (Å²) < 4.78 is 23.9. The first kappa shape index (κ1) is 14.8. The van der Waals surface area contributed by atoms with Crippen LogP contribution in [0, 0.1) is 5.82 Å². The molecule has 0 radical (unpaired) electrons. The third-order valence-corrected chi connectivity index (χ3v) is 2.80. The zero-order valence-electron chi connectivity index (χ0n) is 11.9. The van der Waals surface area contributed by atoms with Crippen LogP contribution >= 0.6 is 0 Å². The zero-order chi connectivity index (χ0) is 15.2. The molecule has 21 heavy (non-hydrogen) atoms. The van der Waals surface area contributed by atoms with Crippen molar-refractivity contribution in [3.05, 3.63) is 53.8 Å². The first-order chi connectivity index (χ1) is 10.1. The summed E-state index contributed by atoms with van der Waals surface area (Å²) in [5, 5.41) is 2.67. The molecule has 0 bridgehead atoms. The van der Waals surface area contributed by atoms with E-state index >= 15 is 0 Å². The van der Waals surface area contributed by atoms with Gasteiger partial charge in [0.1, 0.15) is 12.4 Å². The second kappa shape index (κ2) is 6.74. The van der Waals surface area contributed by atoms with E-state index in [0.717, 1.165) is 0 Å². The van der Waals surface area contributed by atoms with Gasteiger partial charge in [0.05, 0.1) is 7.11 Å². The summed E-state index contributed by atoms with van der Waals surface area (Å²) in [6, 6.07) is 11.7. The second-order valence-electron chi connectivity index (χ2n) is 4.46. The van der Waals surface area contributed by atoms with E-state index in [2.05, 4.69) is 5.32 Å². The van der Waals surface area contributed by atoms with Gasteiger partial charge >= 0.3 is 0 Å². The third kappa shape index (κ3) is 4.21. The smallest absolute Gasteiger partial charge is 0.221 e. The third-order valence-electron chi connectivity index (χ3n) is 2.80. The van der Waals surface area contributed by atoms with Crippen LogP contribution in [0.4, 0.5) is 10.1 Å². The molecule has 0 heterocycles. The van der Waals surface area contributed by atoms with Gasteiger partial charge in [0.25, 0.3) is 0 Å². The SMILES string of the molecule is COc1ccc(COc2ccc(NC(C)=O)cc2)cc1F. The van der Waals surface area contributed by atoms with E-state index in [1.165, 1.54) is 20.1 Å². The monoisotopic (exact) mass is 289 g/mol. The molecule has 4 nitrogen and oxygen atoms in total. The standard InChI is InChI=1S/C16H16FNO3/c1-11(19)18-13-4-6-14(7-5-13)21-10-12-3-8-16(20-2)15(17)9-12/h3-9H,10H2,1-2H3,(H,18,19). The van der Waals surface area contributed by atoms with Crippen molar-refractivity contribution in [2.24, 2.45) is 0 Å². The highest BCUT2D eigenvalue weighted by Crippen LogP contribution is 2.20. The molecule has 0 spiro atoms. The highest BCUT2D eigenvalue weighted by atomic mass is 19.1. The normalized spacial score (nSPS) is 10.0. The summed E-state index contributed by atoms with van der Waals surface area (Å²) in [5.41, 5.74) is 1.41. The summed E-state index contributed by atoms with van der Waals surface area (Å²) in [4.78, 5) is 10.9. The Morgan fingerprint density at radius 1 is 1.19 bits per heavy atom. The predicted molar refractivity (Wildman–Crippen MR) is 78.0 cm³/mol. The van der Waals surface area contributed by atoms with Crippen LogP contribution in [0.15, 0.2) is 42.5 Å². The Labute approximate surface area is 122 Å². The van der Waals surface area contributed by atoms with Gasteiger partial charge in [-0.1, -0.05) is 6.07 Å². The number of carbonyl (C=O) groups excluding carboxylic acids is 1. The van der Waals surface area contributed by atoms with E-state index in [0.29, 0.717) is 17.0 Å². The largest absolute Gasteiger partial charge is 0.494 e. The molecule has 1 N–H and O–H groups in total. The van der Waals surface area contributed by atoms with Crippen LogP contribution in [0.5, 0.6) is 11.5 Å². The van der Waals surface area contributed by atoms with Gasteiger partial charge < -0.3 is 14.8 Å². The van der Waals surface area contributed by atoms with E-state index in [1.807, 2.05) is 0 Å². The fourth-order valence-corrected chi connectivity index (χ4v) is 1.80. The lowest BCUT2D eigenvalue weighted by Crippen LogP contribution is -2.05. The van der Waals surface area contributed by atoms with Crippen molar-refractivity contribution in [3.63, 3.8) is 0 Å². The molecule has 110 valence electrons. The van der Waals surface area contributed by atoms with Gasteiger partial charge in [0.15, 0.2) is 11.6 Å². The molecule has 0 atom stereocenters. The number of benzene rings is 2. The fraction of sp³-hybridized carbons (Fsp3) is 0.188. The van der Waals surface area contributed by atoms with Crippen LogP contribution in [0.1, 0.15) is 12.5 Å². The first-order valence-electron chi connectivity index (χ1n) is 6.41. The number of methoxy groups -OCH3 is 1. The minimum Gasteiger partial charge on any atom is -0.494 e. The first-order valence-corrected chi connectivity index (χ1v) is 6.41. The topological polar surface area (TPSA) is 47.6 Å². The average Bonchev–Trinajstić information content (AvgIpc) is 2.46. The summed E-state index contributed by atoms with van der Waals surface area (Å²) in [7, 11) is 1.42. The van der Waals surface area contributed by atoms with Gasteiger partial charge in [-0.25, -0.2) is 4.39 Å². The van der Waals surface area contributed by atoms with Crippen molar-refractivity contribution in [3.8, 4) is 11.5 Å². The molecule has 0 aliphatic heterocycles. The lowest BCUT2D eigenvalue weighted by Gasteiger charge is -2.09. The Morgan fingerprint density at radius 2 is 1.90 bits per heavy atom. The van der Waals surface area contributed by atoms with Crippen molar-refractivity contribution in [1.82, 2.24) is 0 Å². The number of amides is 1. The molecule has 1 amide bonds. The van der Waals surface area contributed by atoms with Crippen LogP contribution in [0.2, 0.25) is 0 Å². The molecule has 0 aromatic heterocycles. The van der Waals surface area contributed by atoms with Gasteiger partial charge in [-0.15, -0.1) is 0 Å². The number of hydrogen-bond donors (Lipinski definition) is 1. The number of nitrogens with one attached hydrogen (secondary N) is 1. The van der Waals surface area contributed by atoms with Crippen molar-refractivity contribution < 1.29 is 18.7 Å². The predicted octanol–water partition coefficient (Wildman–Crippen LogP) is 3.37. The number of ether oxygens (including phenoxy) is 2. The summed E-state index contributed by atoms with van der Waals surface area (Å²) in [6.45, 7) is 1.70. The Balaban J connectivity index is 1.96. The van der Waals surface area contributed by atoms with Crippen molar-refractivity contribution in [2.45, 2.75) is 13.5 Å². The van der Waals surface area contributed by atoms with E-state index < -0.39 is 5.82 Å². The Bertz CT molecular complexity index is 626. The van der Waals surface area contributed by atoms with Gasteiger partial charge in [-0.3, -0.25) is 4.79 Å². The van der Waals surface area contributed by atoms with Crippen LogP contribution in [0.25, 0.3) is 0 Å². The highest BCUT2D eigenvalue weighted by Gasteiger charge is 2.04. The molecule has 0 saturated carbocycles. The molecule has 2 rings (SSSR count). The molecule has 0 aliphatic rings. The minimum atomic E-state index is -0.417. The number of halogens is 1. The lowest BCUT2D eigenvalue weighted by atomic mass is 10.2. The number of carbonyl (C=O) groups is 1. The molecular formula is C16H16FNO3. The zero-order valence-corrected chi connectivity index (χ0v) is 11.9. The average molecular weight is 289 g/mol. The van der Waals surface area contributed by atoms with E-state index in [-0.39, 0.29) is 18.3 Å². The van der Waals surface area contributed by atoms with E-state index in [9.17, 15) is 9.18 Å². The Kier molecular flexibility index (Phi) is 4.77. The van der Waals surface area contributed by atoms with E-state index in [1.54, 1.807) is 36.4 Å². The highest BCUT2D eigenvalue weighted by molar-refractivity contribution is 5.88. The van der Waals surface area contributed by atoms with Crippen LogP contribution in [-0.2, 0) is 11.4 Å².